The Bertz CT molecular complexity index is 418. The highest BCUT2D eigenvalue weighted by atomic mass is 19.1. The molecule has 0 amide bonds. The Hall–Kier alpha value is -1.17. The number of rotatable bonds is 7. The highest BCUT2D eigenvalue weighted by molar-refractivity contribution is 5.22. The van der Waals surface area contributed by atoms with Gasteiger partial charge in [0.2, 0.25) is 0 Å². The van der Waals surface area contributed by atoms with Crippen molar-refractivity contribution in [2.24, 2.45) is 5.41 Å². The van der Waals surface area contributed by atoms with E-state index >= 15 is 0 Å². The van der Waals surface area contributed by atoms with Crippen LogP contribution in [0, 0.1) is 11.2 Å². The lowest BCUT2D eigenvalue weighted by Crippen LogP contribution is -2.40. The van der Waals surface area contributed by atoms with Crippen LogP contribution >= 0.6 is 0 Å². The Kier molecular flexibility index (Phi) is 5.96. The van der Waals surface area contributed by atoms with E-state index in [1.807, 2.05) is 0 Å². The molecule has 1 aliphatic rings. The number of benzene rings is 1. The smallest absolute Gasteiger partial charge is 0.123 e. The van der Waals surface area contributed by atoms with Crippen molar-refractivity contribution >= 4 is 0 Å². The third kappa shape index (κ3) is 5.61. The zero-order valence-corrected chi connectivity index (χ0v) is 12.5. The monoisotopic (exact) mass is 297 g/mol. The van der Waals surface area contributed by atoms with Crippen molar-refractivity contribution in [2.45, 2.75) is 25.9 Å². The van der Waals surface area contributed by atoms with Crippen LogP contribution in [-0.2, 0) is 4.74 Å². The summed E-state index contributed by atoms with van der Waals surface area (Å²) < 4.78 is 23.5. The summed E-state index contributed by atoms with van der Waals surface area (Å²) in [5.41, 5.74) is 0.246. The summed E-state index contributed by atoms with van der Waals surface area (Å²) in [6.45, 7) is 5.41. The van der Waals surface area contributed by atoms with Crippen LogP contribution < -0.4 is 10.1 Å². The average Bonchev–Trinajstić information content (AvgIpc) is 2.47. The quantitative estimate of drug-likeness (QED) is 0.808. The maximum absolute atomic E-state index is 12.7. The minimum Gasteiger partial charge on any atom is -0.491 e. The molecule has 1 aromatic rings. The number of ether oxygens (including phenoxy) is 2. The number of halogens is 1. The van der Waals surface area contributed by atoms with Crippen molar-refractivity contribution in [3.05, 3.63) is 30.1 Å². The van der Waals surface area contributed by atoms with Gasteiger partial charge in [0.05, 0.1) is 0 Å². The van der Waals surface area contributed by atoms with Crippen LogP contribution in [0.15, 0.2) is 24.3 Å². The molecular formula is C16H24FNO3. The van der Waals surface area contributed by atoms with Crippen LogP contribution in [0.3, 0.4) is 0 Å². The van der Waals surface area contributed by atoms with Gasteiger partial charge < -0.3 is 19.9 Å². The number of aliphatic hydroxyl groups excluding tert-OH is 1. The van der Waals surface area contributed by atoms with Crippen LogP contribution in [-0.4, -0.2) is 44.1 Å². The van der Waals surface area contributed by atoms with Gasteiger partial charge in [-0.3, -0.25) is 0 Å². The van der Waals surface area contributed by atoms with Crippen molar-refractivity contribution in [1.29, 1.82) is 0 Å². The van der Waals surface area contributed by atoms with E-state index in [-0.39, 0.29) is 17.8 Å². The first kappa shape index (κ1) is 16.2. The fourth-order valence-corrected chi connectivity index (χ4v) is 2.36. The molecule has 1 atom stereocenters. The van der Waals surface area contributed by atoms with Gasteiger partial charge in [-0.05, 0) is 42.5 Å². The molecule has 0 aromatic heterocycles. The fourth-order valence-electron chi connectivity index (χ4n) is 2.36. The van der Waals surface area contributed by atoms with E-state index in [2.05, 4.69) is 12.2 Å². The van der Waals surface area contributed by atoms with E-state index in [1.165, 1.54) is 12.1 Å². The van der Waals surface area contributed by atoms with E-state index < -0.39 is 6.10 Å². The Balaban J connectivity index is 1.63. The number of aliphatic hydroxyl groups is 1. The predicted octanol–water partition coefficient (Wildman–Crippen LogP) is 1.97. The van der Waals surface area contributed by atoms with E-state index in [0.29, 0.717) is 12.3 Å². The average molecular weight is 297 g/mol. The minimum atomic E-state index is -0.585. The largest absolute Gasteiger partial charge is 0.491 e. The van der Waals surface area contributed by atoms with E-state index in [0.717, 1.165) is 32.6 Å². The Morgan fingerprint density at radius 2 is 2.00 bits per heavy atom. The van der Waals surface area contributed by atoms with E-state index in [4.69, 9.17) is 9.47 Å². The third-order valence-electron chi connectivity index (χ3n) is 3.89. The number of nitrogens with one attached hydrogen (secondary N) is 1. The van der Waals surface area contributed by atoms with E-state index in [9.17, 15) is 9.50 Å². The van der Waals surface area contributed by atoms with Crippen molar-refractivity contribution < 1.29 is 19.0 Å². The van der Waals surface area contributed by atoms with Crippen LogP contribution in [0.1, 0.15) is 19.8 Å². The SMILES string of the molecule is CC1(CNCC(O)COc2ccc(F)cc2)CCOCC1. The second-order valence-electron chi connectivity index (χ2n) is 5.97. The standard InChI is InChI=1S/C16H24FNO3/c1-16(6-8-20-9-7-16)12-18-10-14(19)11-21-15-4-2-13(17)3-5-15/h2-5,14,18-19H,6-12H2,1H3. The molecule has 118 valence electrons. The minimum absolute atomic E-state index is 0.193. The van der Waals surface area contributed by atoms with Crippen LogP contribution in [0.4, 0.5) is 4.39 Å². The molecule has 21 heavy (non-hydrogen) atoms. The molecule has 0 spiro atoms. The molecule has 1 unspecified atom stereocenters. The fraction of sp³-hybridized carbons (Fsp3) is 0.625. The molecule has 1 heterocycles. The van der Waals surface area contributed by atoms with Gasteiger partial charge in [0.1, 0.15) is 24.3 Å². The maximum Gasteiger partial charge on any atom is 0.123 e. The molecular weight excluding hydrogens is 273 g/mol. The number of hydrogen-bond donors (Lipinski definition) is 2. The van der Waals surface area contributed by atoms with Gasteiger partial charge in [0.25, 0.3) is 0 Å². The molecule has 0 aliphatic carbocycles. The summed E-state index contributed by atoms with van der Waals surface area (Å²) in [6, 6.07) is 5.79. The van der Waals surface area contributed by atoms with Crippen LogP contribution in [0.2, 0.25) is 0 Å². The first-order valence-corrected chi connectivity index (χ1v) is 7.42. The van der Waals surface area contributed by atoms with Crippen molar-refractivity contribution in [3.63, 3.8) is 0 Å². The number of hydrogen-bond acceptors (Lipinski definition) is 4. The zero-order chi connectivity index (χ0) is 15.1. The lowest BCUT2D eigenvalue weighted by molar-refractivity contribution is 0.0217. The maximum atomic E-state index is 12.7. The van der Waals surface area contributed by atoms with Gasteiger partial charge in [0, 0.05) is 26.3 Å². The lowest BCUT2D eigenvalue weighted by atomic mass is 9.82. The lowest BCUT2D eigenvalue weighted by Gasteiger charge is -2.34. The molecule has 2 rings (SSSR count). The van der Waals surface area contributed by atoms with Gasteiger partial charge in [-0.1, -0.05) is 6.92 Å². The van der Waals surface area contributed by atoms with Gasteiger partial charge in [-0.15, -0.1) is 0 Å². The summed E-state index contributed by atoms with van der Waals surface area (Å²) in [5, 5.41) is 13.2. The topological polar surface area (TPSA) is 50.7 Å². The summed E-state index contributed by atoms with van der Waals surface area (Å²) in [6.07, 6.45) is 1.50. The first-order chi connectivity index (χ1) is 10.1. The van der Waals surface area contributed by atoms with Gasteiger partial charge in [0.15, 0.2) is 0 Å². The highest BCUT2D eigenvalue weighted by Crippen LogP contribution is 2.28. The Morgan fingerprint density at radius 3 is 2.67 bits per heavy atom. The van der Waals surface area contributed by atoms with Gasteiger partial charge in [-0.2, -0.15) is 0 Å². The van der Waals surface area contributed by atoms with Crippen molar-refractivity contribution in [1.82, 2.24) is 5.32 Å². The second kappa shape index (κ2) is 7.73. The summed E-state index contributed by atoms with van der Waals surface area (Å²) in [7, 11) is 0. The summed E-state index contributed by atoms with van der Waals surface area (Å²) >= 11 is 0. The summed E-state index contributed by atoms with van der Waals surface area (Å²) in [4.78, 5) is 0. The van der Waals surface area contributed by atoms with Crippen LogP contribution in [0.25, 0.3) is 0 Å². The Labute approximate surface area is 125 Å². The molecule has 2 N–H and O–H groups in total. The second-order valence-corrected chi connectivity index (χ2v) is 5.97. The third-order valence-corrected chi connectivity index (χ3v) is 3.89. The highest BCUT2D eigenvalue weighted by Gasteiger charge is 2.26. The first-order valence-electron chi connectivity index (χ1n) is 7.42. The molecule has 1 saturated heterocycles. The van der Waals surface area contributed by atoms with Crippen molar-refractivity contribution in [3.8, 4) is 5.75 Å². The molecule has 5 heteroatoms. The van der Waals surface area contributed by atoms with Crippen LogP contribution in [0.5, 0.6) is 5.75 Å². The molecule has 4 nitrogen and oxygen atoms in total. The van der Waals surface area contributed by atoms with E-state index in [1.54, 1.807) is 12.1 Å². The molecule has 0 radical (unpaired) electrons. The predicted molar refractivity (Wildman–Crippen MR) is 78.9 cm³/mol. The van der Waals surface area contributed by atoms with Gasteiger partial charge >= 0.3 is 0 Å². The Morgan fingerprint density at radius 1 is 1.33 bits per heavy atom. The zero-order valence-electron chi connectivity index (χ0n) is 12.5. The van der Waals surface area contributed by atoms with Gasteiger partial charge in [-0.25, -0.2) is 4.39 Å². The van der Waals surface area contributed by atoms with Crippen molar-refractivity contribution in [2.75, 3.05) is 32.9 Å². The molecule has 0 bridgehead atoms. The normalized spacial score (nSPS) is 19.2. The molecule has 1 aromatic carbocycles. The molecule has 1 fully saturated rings. The molecule has 0 saturated carbocycles. The molecule has 1 aliphatic heterocycles. The summed E-state index contributed by atoms with van der Waals surface area (Å²) in [5.74, 6) is 0.265.